The average Bonchev–Trinajstić information content (AvgIpc) is 2.43. The van der Waals surface area contributed by atoms with Crippen LogP contribution in [0.1, 0.15) is 6.92 Å². The topological polar surface area (TPSA) is 45.2 Å². The number of hydrogen-bond donors (Lipinski definition) is 1. The van der Waals surface area contributed by atoms with Crippen molar-refractivity contribution in [1.29, 1.82) is 0 Å². The molecule has 0 aliphatic carbocycles. The van der Waals surface area contributed by atoms with Crippen molar-refractivity contribution in [3.05, 3.63) is 0 Å². The summed E-state index contributed by atoms with van der Waals surface area (Å²) in [5.74, 6) is 0. The van der Waals surface area contributed by atoms with Crippen molar-refractivity contribution in [3.63, 3.8) is 0 Å². The minimum Gasteiger partial charge on any atom is -0.339 e. The molecular formula is C5H12NO3P. The fourth-order valence-electron chi connectivity index (χ4n) is 0.716. The zero-order valence-electron chi connectivity index (χ0n) is 6.02. The maximum atomic E-state index is 8.59. The first-order chi connectivity index (χ1) is 4.61. The Bertz CT molecular complexity index is 119. The van der Waals surface area contributed by atoms with E-state index in [0.29, 0.717) is 10.9 Å². The highest BCUT2D eigenvalue weighted by molar-refractivity contribution is 7.17. The number of hydroxylamine groups is 2. The number of epoxide rings is 1. The Labute approximate surface area is 62.2 Å². The first kappa shape index (κ1) is 8.37. The molecule has 0 aromatic carbocycles. The largest absolute Gasteiger partial charge is 0.339 e. The Hall–Kier alpha value is 0.270. The molecule has 0 aromatic rings. The van der Waals surface area contributed by atoms with Gasteiger partial charge >= 0.3 is 0 Å². The number of hydrogen-bond acceptors (Lipinski definition) is 4. The Morgan fingerprint density at radius 3 is 2.70 bits per heavy atom. The monoisotopic (exact) mass is 165 g/mol. The quantitative estimate of drug-likeness (QED) is 0.369. The molecule has 0 bridgehead atoms. The molecule has 1 saturated heterocycles. The second-order valence-corrected chi connectivity index (χ2v) is 3.45. The van der Waals surface area contributed by atoms with Gasteiger partial charge in [-0.05, 0) is 0 Å². The lowest BCUT2D eigenvalue weighted by molar-refractivity contribution is -0.342. The number of ether oxygens (including phenoxy) is 1. The van der Waals surface area contributed by atoms with E-state index in [1.807, 2.05) is 6.92 Å². The Kier molecular flexibility index (Phi) is 2.61. The highest BCUT2D eigenvalue weighted by atomic mass is 31.0. The minimum absolute atomic E-state index is 0.111. The van der Waals surface area contributed by atoms with Gasteiger partial charge in [-0.1, -0.05) is 12.2 Å². The summed E-state index contributed by atoms with van der Waals surface area (Å²) in [4.78, 5) is 4.79. The van der Waals surface area contributed by atoms with Gasteiger partial charge in [-0.25, -0.2) is 4.84 Å². The molecule has 1 rings (SSSR count). The van der Waals surface area contributed by atoms with Crippen molar-refractivity contribution in [2.45, 2.75) is 25.0 Å². The predicted molar refractivity (Wildman–Crippen MR) is 38.5 cm³/mol. The van der Waals surface area contributed by atoms with E-state index in [0.717, 1.165) is 0 Å². The summed E-state index contributed by atoms with van der Waals surface area (Å²) in [5.41, 5.74) is 0.366. The third kappa shape index (κ3) is 2.15. The van der Waals surface area contributed by atoms with Crippen LogP contribution in [0.15, 0.2) is 0 Å². The maximum absolute atomic E-state index is 8.59. The van der Waals surface area contributed by atoms with E-state index in [1.54, 1.807) is 0 Å². The molecule has 0 spiro atoms. The van der Waals surface area contributed by atoms with Crippen LogP contribution in [0.4, 0.5) is 0 Å². The molecule has 3 unspecified atom stereocenters. The molecule has 5 heteroatoms. The van der Waals surface area contributed by atoms with Gasteiger partial charge in [-0.2, -0.15) is 0 Å². The zero-order valence-corrected chi connectivity index (χ0v) is 7.18. The van der Waals surface area contributed by atoms with Gasteiger partial charge < -0.3 is 4.74 Å². The molecule has 10 heavy (non-hydrogen) atoms. The maximum Gasteiger partial charge on any atom is 0.207 e. The lowest BCUT2D eigenvalue weighted by Crippen LogP contribution is -2.18. The van der Waals surface area contributed by atoms with Crippen LogP contribution in [0.25, 0.3) is 0 Å². The van der Waals surface area contributed by atoms with E-state index >= 15 is 0 Å². The molecule has 4 atom stereocenters. The summed E-state index contributed by atoms with van der Waals surface area (Å²) in [7, 11) is 4.02. The van der Waals surface area contributed by atoms with Crippen LogP contribution in [-0.2, 0) is 9.57 Å². The molecule has 1 aliphatic rings. The summed E-state index contributed by atoms with van der Waals surface area (Å²) in [6, 6.07) is 0. The standard InChI is InChI=1S/C5H12NO3P/c1-3(10)4-5(8-4)9-6(2)7/h3-5,7H,10H2,1-2H3/t3?,4?,5-/m0/s1. The Balaban J connectivity index is 2.13. The molecule has 1 aliphatic heterocycles. The van der Waals surface area contributed by atoms with Crippen LogP contribution in [0.3, 0.4) is 0 Å². The average molecular weight is 165 g/mol. The summed E-state index contributed by atoms with van der Waals surface area (Å²) >= 11 is 0. The molecule has 60 valence electrons. The van der Waals surface area contributed by atoms with Gasteiger partial charge in [0.25, 0.3) is 0 Å². The molecular weight excluding hydrogens is 153 g/mol. The first-order valence-corrected chi connectivity index (χ1v) is 3.78. The first-order valence-electron chi connectivity index (χ1n) is 3.11. The third-order valence-corrected chi connectivity index (χ3v) is 1.64. The molecule has 0 amide bonds. The van der Waals surface area contributed by atoms with Crippen LogP contribution in [0.5, 0.6) is 0 Å². The fourth-order valence-corrected chi connectivity index (χ4v) is 0.989. The van der Waals surface area contributed by atoms with E-state index < -0.39 is 0 Å². The van der Waals surface area contributed by atoms with E-state index in [2.05, 4.69) is 9.24 Å². The molecule has 0 radical (unpaired) electrons. The second kappa shape index (κ2) is 3.11. The lowest BCUT2D eigenvalue weighted by atomic mass is 10.3. The van der Waals surface area contributed by atoms with Crippen molar-refractivity contribution < 1.29 is 14.8 Å². The van der Waals surface area contributed by atoms with Gasteiger partial charge in [-0.3, -0.25) is 5.21 Å². The van der Waals surface area contributed by atoms with Crippen LogP contribution in [-0.4, -0.2) is 35.5 Å². The van der Waals surface area contributed by atoms with Gasteiger partial charge in [0.1, 0.15) is 6.10 Å². The third-order valence-electron chi connectivity index (χ3n) is 1.26. The summed E-state index contributed by atoms with van der Waals surface area (Å²) in [5, 5.41) is 9.25. The number of rotatable bonds is 3. The van der Waals surface area contributed by atoms with Crippen molar-refractivity contribution in [3.8, 4) is 0 Å². The van der Waals surface area contributed by atoms with Crippen molar-refractivity contribution in [2.24, 2.45) is 0 Å². The minimum atomic E-state index is -0.262. The summed E-state index contributed by atoms with van der Waals surface area (Å²) in [6.07, 6.45) is -0.151. The fraction of sp³-hybridized carbons (Fsp3) is 1.00. The van der Waals surface area contributed by atoms with Crippen LogP contribution >= 0.6 is 9.24 Å². The summed E-state index contributed by atoms with van der Waals surface area (Å²) in [6.45, 7) is 2.01. The Morgan fingerprint density at radius 1 is 1.80 bits per heavy atom. The van der Waals surface area contributed by atoms with E-state index in [9.17, 15) is 0 Å². The van der Waals surface area contributed by atoms with Gasteiger partial charge in [-0.15, -0.1) is 9.24 Å². The van der Waals surface area contributed by atoms with Gasteiger partial charge in [0.05, 0.1) is 0 Å². The smallest absolute Gasteiger partial charge is 0.207 e. The van der Waals surface area contributed by atoms with Crippen LogP contribution < -0.4 is 0 Å². The van der Waals surface area contributed by atoms with Gasteiger partial charge in [0.15, 0.2) is 0 Å². The molecule has 1 heterocycles. The molecule has 0 aromatic heterocycles. The van der Waals surface area contributed by atoms with E-state index in [-0.39, 0.29) is 12.4 Å². The molecule has 1 fully saturated rings. The lowest BCUT2D eigenvalue weighted by Gasteiger charge is -2.04. The van der Waals surface area contributed by atoms with Crippen molar-refractivity contribution >= 4 is 9.24 Å². The zero-order chi connectivity index (χ0) is 7.72. The highest BCUT2D eigenvalue weighted by Gasteiger charge is 2.43. The number of nitrogens with zero attached hydrogens (tertiary/aromatic N) is 1. The SMILES string of the molecule is CC(P)C1O[C@H]1ON(C)O. The van der Waals surface area contributed by atoms with Crippen molar-refractivity contribution in [1.82, 2.24) is 5.23 Å². The Morgan fingerprint density at radius 2 is 2.40 bits per heavy atom. The molecule has 4 nitrogen and oxygen atoms in total. The second-order valence-electron chi connectivity index (χ2n) is 2.40. The van der Waals surface area contributed by atoms with Gasteiger partial charge in [0, 0.05) is 12.7 Å². The molecule has 0 saturated carbocycles. The summed E-state index contributed by atoms with van der Waals surface area (Å²) < 4.78 is 5.04. The van der Waals surface area contributed by atoms with Crippen molar-refractivity contribution in [2.75, 3.05) is 7.05 Å². The van der Waals surface area contributed by atoms with Gasteiger partial charge in [0.2, 0.25) is 6.29 Å². The molecule has 1 N–H and O–H groups in total. The normalized spacial score (nSPS) is 34.5. The highest BCUT2D eigenvalue weighted by Crippen LogP contribution is 2.30. The van der Waals surface area contributed by atoms with Crippen LogP contribution in [0, 0.1) is 0 Å². The predicted octanol–water partition coefficient (Wildman–Crippen LogP) is 0.227. The van der Waals surface area contributed by atoms with Crippen LogP contribution in [0.2, 0.25) is 0 Å². The van der Waals surface area contributed by atoms with E-state index in [4.69, 9.17) is 14.8 Å². The van der Waals surface area contributed by atoms with E-state index in [1.165, 1.54) is 7.05 Å².